The van der Waals surface area contributed by atoms with Crippen molar-refractivity contribution in [1.82, 2.24) is 62.6 Å². The second kappa shape index (κ2) is 38.5. The second-order valence-electron chi connectivity index (χ2n) is 25.2. The molecule has 550 valence electrons. The molecule has 15 atom stereocenters. The summed E-state index contributed by atoms with van der Waals surface area (Å²) in [5.74, 6) is -13.6. The summed E-state index contributed by atoms with van der Waals surface area (Å²) in [7, 11) is 0. The van der Waals surface area contributed by atoms with Crippen molar-refractivity contribution in [2.24, 2.45) is 17.4 Å². The van der Waals surface area contributed by atoms with Crippen molar-refractivity contribution >= 4 is 113 Å². The summed E-state index contributed by atoms with van der Waals surface area (Å²) in [6.07, 6.45) is -2.29. The highest BCUT2D eigenvalue weighted by Gasteiger charge is 2.44. The molecule has 6 rings (SSSR count). The van der Waals surface area contributed by atoms with Gasteiger partial charge in [-0.1, -0.05) is 80.9 Å². The van der Waals surface area contributed by atoms with Gasteiger partial charge in [0.2, 0.25) is 70.9 Å². The van der Waals surface area contributed by atoms with Crippen molar-refractivity contribution in [1.29, 1.82) is 0 Å². The Morgan fingerprint density at radius 3 is 1.55 bits per heavy atom. The summed E-state index contributed by atoms with van der Waals surface area (Å²) in [4.78, 5) is 186. The Bertz CT molecular complexity index is 3590. The van der Waals surface area contributed by atoms with E-state index in [4.69, 9.17) is 11.5 Å². The number of aromatic nitrogens is 1. The summed E-state index contributed by atoms with van der Waals surface area (Å²) in [6, 6.07) is 2.97. The fraction of sp³-hybridized carbons (Fsp3) is 0.507. The highest BCUT2D eigenvalue weighted by molar-refractivity contribution is 7.80. The number of aliphatic hydroxyl groups is 3. The minimum Gasteiger partial charge on any atom is -0.508 e. The van der Waals surface area contributed by atoms with Crippen LogP contribution in [0.2, 0.25) is 0 Å². The van der Waals surface area contributed by atoms with Gasteiger partial charge in [0.05, 0.1) is 24.9 Å². The predicted octanol–water partition coefficient (Wildman–Crippen LogP) is -3.42. The highest BCUT2D eigenvalue weighted by atomic mass is 32.1. The monoisotopic (exact) mass is 1440 g/mol. The summed E-state index contributed by atoms with van der Waals surface area (Å²) < 4.78 is 0. The third-order valence-corrected chi connectivity index (χ3v) is 18.4. The average molecular weight is 1450 g/mol. The van der Waals surface area contributed by atoms with E-state index in [1.807, 2.05) is 0 Å². The maximum atomic E-state index is 15.2. The lowest BCUT2D eigenvalue weighted by molar-refractivity contribution is -0.144. The number of phenols is 1. The summed E-state index contributed by atoms with van der Waals surface area (Å²) in [5, 5.41) is 75.3. The van der Waals surface area contributed by atoms with Crippen LogP contribution in [0.5, 0.6) is 5.75 Å². The number of benzene rings is 3. The number of carbonyl (C=O) groups excluding carboxylic acids is 12. The molecule has 0 aliphatic carbocycles. The second-order valence-corrected chi connectivity index (χ2v) is 25.9. The number of nitrogens with two attached hydrogens (primary N) is 2. The number of carbonyl (C=O) groups is 13. The summed E-state index contributed by atoms with van der Waals surface area (Å²) in [6.45, 7) is 4.66. The van der Waals surface area contributed by atoms with Crippen molar-refractivity contribution in [3.05, 3.63) is 102 Å². The zero-order chi connectivity index (χ0) is 74.4. The third kappa shape index (κ3) is 22.6. The molecule has 0 saturated carbocycles. The van der Waals surface area contributed by atoms with Crippen molar-refractivity contribution < 1.29 is 87.9 Å². The normalized spacial score (nSPS) is 18.2. The van der Waals surface area contributed by atoms with E-state index in [0.717, 1.165) is 11.8 Å². The van der Waals surface area contributed by atoms with Crippen LogP contribution in [0.15, 0.2) is 85.1 Å². The number of carboxylic acids is 1. The van der Waals surface area contributed by atoms with Crippen LogP contribution in [0.25, 0.3) is 10.9 Å². The number of fused-ring (bicyclic) bond motifs is 1. The molecule has 34 heteroatoms. The molecule has 0 unspecified atom stereocenters. The molecular formula is C67H92N14O18S2. The van der Waals surface area contributed by atoms with Gasteiger partial charge in [0.15, 0.2) is 0 Å². The smallest absolute Gasteiger partial charge is 0.327 e. The molecule has 2 aliphatic heterocycles. The van der Waals surface area contributed by atoms with E-state index in [2.05, 4.69) is 78.1 Å². The SMILES string of the molecule is CC[C@H](C)[C@H](NC(=O)[C@@H](N)CS)C(=O)N[C@H](C(=O)N[C@@H](Cc1c[nH]c2ccccc12)C(=O)N1CCC[C@H]1C(=O)N[C@@H](Cc1ccccc1)C(=O)N[C@@H](CCC(N)=O)C(=O)N[C@H](C(=O)N[C@@H](CO)C(=O)N[C@@H](Cc1ccc(O)cc1)C(=O)N1CCC[C@H]1C(=O)N[C@@H](CS)C(=O)O)[C@@H](C)O)[C@@H](C)O. The molecule has 4 aromatic rings. The molecule has 0 bridgehead atoms. The fourth-order valence-electron chi connectivity index (χ4n) is 11.7. The van der Waals surface area contributed by atoms with Crippen molar-refractivity contribution in [3.8, 4) is 5.75 Å². The van der Waals surface area contributed by atoms with Gasteiger partial charge in [0, 0.05) is 67.4 Å². The molecule has 32 nitrogen and oxygen atoms in total. The topological polar surface area (TPSA) is 506 Å². The molecule has 101 heavy (non-hydrogen) atoms. The molecule has 3 heterocycles. The van der Waals surface area contributed by atoms with Gasteiger partial charge >= 0.3 is 5.97 Å². The maximum Gasteiger partial charge on any atom is 0.327 e. The fourth-order valence-corrected chi connectivity index (χ4v) is 12.2. The number of primary amides is 1. The molecular weight excluding hydrogens is 1350 g/mol. The Morgan fingerprint density at radius 1 is 0.554 bits per heavy atom. The van der Waals surface area contributed by atoms with E-state index in [-0.39, 0.29) is 68.9 Å². The highest BCUT2D eigenvalue weighted by Crippen LogP contribution is 2.25. The van der Waals surface area contributed by atoms with Crippen molar-refractivity contribution in [2.75, 3.05) is 31.2 Å². The number of aliphatic carboxylic acids is 1. The lowest BCUT2D eigenvalue weighted by atomic mass is 9.97. The van der Waals surface area contributed by atoms with Crippen LogP contribution in [0, 0.1) is 5.92 Å². The van der Waals surface area contributed by atoms with E-state index in [1.54, 1.807) is 74.6 Å². The molecule has 2 fully saturated rings. The Hall–Kier alpha value is -9.35. The molecule has 2 saturated heterocycles. The van der Waals surface area contributed by atoms with Gasteiger partial charge in [-0.3, -0.25) is 57.5 Å². The van der Waals surface area contributed by atoms with E-state index < -0.39 is 187 Å². The minimum absolute atomic E-state index is 0.0104. The van der Waals surface area contributed by atoms with Gasteiger partial charge in [-0.2, -0.15) is 25.3 Å². The number of phenolic OH excluding ortho intramolecular Hbond substituents is 1. The standard InChI is InChI=1S/C67H92N14O18S2/c1-5-34(2)53(77-56(87)42(68)32-100)62(93)79-55(36(4)84)63(94)74-47(29-39-30-70-43-16-10-9-15-41(39)43)66(97)81-26-11-17-50(81)60(91)72-45(27-37-13-7-6-8-14-37)58(89)71-44(23-24-52(69)86)57(88)78-54(35(3)83)64(95)75-48(31-82)59(90)73-46(28-38-19-21-40(85)22-20-38)65(96)80-25-12-18-51(80)61(92)76-49(33-101)67(98)99/h6-10,13-16,19-22,30,34-36,42,44-51,53-55,70,82-85,100-101H,5,11-12,17-18,23-29,31-33,68H2,1-4H3,(H2,69,86)(H,71,89)(H,72,91)(H,73,90)(H,74,94)(H,75,95)(H,76,92)(H,77,87)(H,78,88)(H,79,93)(H,98,99)/t34-,35+,36+,42-,44-,45-,46-,47-,48-,49-,50-,51-,53-,54-,55-/m0/s1. The summed E-state index contributed by atoms with van der Waals surface area (Å²) in [5.41, 5.74) is 13.6. The zero-order valence-corrected chi connectivity index (χ0v) is 58.1. The molecule has 0 radical (unpaired) electrons. The van der Waals surface area contributed by atoms with E-state index in [0.29, 0.717) is 40.4 Å². The Labute approximate surface area is 593 Å². The molecule has 12 amide bonds. The first-order chi connectivity index (χ1) is 48.0. The van der Waals surface area contributed by atoms with E-state index in [9.17, 15) is 83.1 Å². The Kier molecular flexibility index (Phi) is 30.7. The number of aromatic amines is 1. The van der Waals surface area contributed by atoms with Gasteiger partial charge in [-0.05, 0) is 86.8 Å². The molecule has 19 N–H and O–H groups in total. The van der Waals surface area contributed by atoms with E-state index in [1.165, 1.54) is 36.1 Å². The van der Waals surface area contributed by atoms with Crippen LogP contribution in [-0.2, 0) is 81.6 Å². The number of carboxylic acid groups (broad SMARTS) is 1. The van der Waals surface area contributed by atoms with Crippen molar-refractivity contribution in [2.45, 2.75) is 177 Å². The number of para-hydroxylation sites is 1. The van der Waals surface area contributed by atoms with Gasteiger partial charge in [-0.25, -0.2) is 4.79 Å². The van der Waals surface area contributed by atoms with Crippen LogP contribution in [-0.4, -0.2) is 233 Å². The minimum atomic E-state index is -1.97. The number of aromatic hydroxyl groups is 1. The average Bonchev–Trinajstić information content (AvgIpc) is 1.73. The van der Waals surface area contributed by atoms with E-state index >= 15 is 4.79 Å². The lowest BCUT2D eigenvalue weighted by Crippen LogP contribution is -2.63. The largest absolute Gasteiger partial charge is 0.508 e. The number of nitrogens with one attached hydrogen (secondary N) is 10. The number of likely N-dealkylation sites (tertiary alicyclic amines) is 2. The number of amides is 12. The molecule has 3 aromatic carbocycles. The first-order valence-corrected chi connectivity index (χ1v) is 34.4. The van der Waals surface area contributed by atoms with Crippen LogP contribution in [0.3, 0.4) is 0 Å². The number of hydrogen-bond acceptors (Lipinski definition) is 20. The molecule has 1 aromatic heterocycles. The third-order valence-electron chi connectivity index (χ3n) is 17.7. The number of nitrogens with zero attached hydrogens (tertiary/aromatic N) is 2. The Balaban J connectivity index is 1.22. The lowest BCUT2D eigenvalue weighted by Gasteiger charge is -2.32. The van der Waals surface area contributed by atoms with Gasteiger partial charge in [0.25, 0.3) is 0 Å². The molecule has 0 spiro atoms. The number of H-pyrrole nitrogens is 1. The Morgan fingerprint density at radius 2 is 1.02 bits per heavy atom. The summed E-state index contributed by atoms with van der Waals surface area (Å²) >= 11 is 8.07. The zero-order valence-electron chi connectivity index (χ0n) is 56.3. The first kappa shape index (κ1) is 80.6. The van der Waals surface area contributed by atoms with Crippen LogP contribution >= 0.6 is 25.3 Å². The van der Waals surface area contributed by atoms with Crippen LogP contribution in [0.1, 0.15) is 89.3 Å². The first-order valence-electron chi connectivity index (χ1n) is 33.2. The van der Waals surface area contributed by atoms with Crippen LogP contribution in [0.4, 0.5) is 0 Å². The number of aliphatic hydroxyl groups excluding tert-OH is 3. The number of rotatable bonds is 37. The van der Waals surface area contributed by atoms with Gasteiger partial charge in [0.1, 0.15) is 72.2 Å². The van der Waals surface area contributed by atoms with Crippen LogP contribution < -0.4 is 59.3 Å². The van der Waals surface area contributed by atoms with Crippen molar-refractivity contribution in [3.63, 3.8) is 0 Å². The number of thiol groups is 2. The quantitative estimate of drug-likeness (QED) is 0.0196. The van der Waals surface area contributed by atoms with Gasteiger partial charge < -0.3 is 99.6 Å². The predicted molar refractivity (Wildman–Crippen MR) is 372 cm³/mol. The molecule has 2 aliphatic rings. The maximum absolute atomic E-state index is 15.2. The number of hydrogen-bond donors (Lipinski definition) is 19. The van der Waals surface area contributed by atoms with Gasteiger partial charge in [-0.15, -0.1) is 0 Å².